The first-order valence-electron chi connectivity index (χ1n) is 6.33. The van der Waals surface area contributed by atoms with Crippen LogP contribution >= 0.6 is 0 Å². The van der Waals surface area contributed by atoms with Crippen LogP contribution in [0.1, 0.15) is 32.6 Å². The van der Waals surface area contributed by atoms with Crippen molar-refractivity contribution >= 4 is 5.91 Å². The van der Waals surface area contributed by atoms with Gasteiger partial charge >= 0.3 is 6.18 Å². The van der Waals surface area contributed by atoms with Crippen molar-refractivity contribution in [3.63, 3.8) is 0 Å². The van der Waals surface area contributed by atoms with E-state index in [2.05, 4.69) is 17.0 Å². The Morgan fingerprint density at radius 2 is 2.00 bits per heavy atom. The lowest BCUT2D eigenvalue weighted by Gasteiger charge is -2.38. The number of rotatable bonds is 5. The lowest BCUT2D eigenvalue weighted by Crippen LogP contribution is -2.54. The highest BCUT2D eigenvalue weighted by Gasteiger charge is 2.35. The van der Waals surface area contributed by atoms with Gasteiger partial charge in [0.1, 0.15) is 13.2 Å². The SMILES string of the molecule is CC1CCC(CO)(NC(=O)COCC(F)(F)F)CC1. The highest BCUT2D eigenvalue weighted by atomic mass is 19.4. The molecule has 0 aromatic rings. The molecule has 19 heavy (non-hydrogen) atoms. The second-order valence-corrected chi connectivity index (χ2v) is 5.28. The number of ether oxygens (including phenoxy) is 1. The maximum Gasteiger partial charge on any atom is 0.411 e. The fraction of sp³-hybridized carbons (Fsp3) is 0.917. The summed E-state index contributed by atoms with van der Waals surface area (Å²) in [5.41, 5.74) is -0.703. The van der Waals surface area contributed by atoms with Gasteiger partial charge in [-0.2, -0.15) is 13.2 Å². The van der Waals surface area contributed by atoms with E-state index < -0.39 is 30.8 Å². The zero-order valence-corrected chi connectivity index (χ0v) is 10.9. The number of aliphatic hydroxyl groups excluding tert-OH is 1. The molecule has 1 aliphatic rings. The molecule has 1 rings (SSSR count). The van der Waals surface area contributed by atoms with Crippen molar-refractivity contribution in [3.05, 3.63) is 0 Å². The molecule has 0 radical (unpaired) electrons. The Balaban J connectivity index is 2.37. The summed E-state index contributed by atoms with van der Waals surface area (Å²) in [5.74, 6) is -0.0779. The number of carbonyl (C=O) groups excluding carboxylic acids is 1. The minimum atomic E-state index is -4.44. The van der Waals surface area contributed by atoms with Crippen molar-refractivity contribution in [1.29, 1.82) is 0 Å². The van der Waals surface area contributed by atoms with Gasteiger partial charge in [-0.05, 0) is 31.6 Å². The van der Waals surface area contributed by atoms with Crippen LogP contribution in [0, 0.1) is 5.92 Å². The summed E-state index contributed by atoms with van der Waals surface area (Å²) in [7, 11) is 0. The smallest absolute Gasteiger partial charge is 0.394 e. The minimum Gasteiger partial charge on any atom is -0.394 e. The molecule has 112 valence electrons. The van der Waals surface area contributed by atoms with Crippen LogP contribution in [-0.2, 0) is 9.53 Å². The zero-order valence-electron chi connectivity index (χ0n) is 10.9. The van der Waals surface area contributed by atoms with Gasteiger partial charge < -0.3 is 15.2 Å². The molecule has 0 atom stereocenters. The molecule has 0 aromatic carbocycles. The number of halogens is 3. The number of carbonyl (C=O) groups is 1. The summed E-state index contributed by atoms with van der Waals surface area (Å²) in [6.45, 7) is -0.194. The Hall–Kier alpha value is -0.820. The van der Waals surface area contributed by atoms with Crippen LogP contribution in [0.4, 0.5) is 13.2 Å². The highest BCUT2D eigenvalue weighted by molar-refractivity contribution is 5.78. The largest absolute Gasteiger partial charge is 0.411 e. The van der Waals surface area contributed by atoms with Crippen LogP contribution in [0.25, 0.3) is 0 Å². The van der Waals surface area contributed by atoms with Gasteiger partial charge in [0.2, 0.25) is 5.91 Å². The number of hydrogen-bond acceptors (Lipinski definition) is 3. The lowest BCUT2D eigenvalue weighted by atomic mass is 9.77. The average Bonchev–Trinajstić information content (AvgIpc) is 2.31. The lowest BCUT2D eigenvalue weighted by molar-refractivity contribution is -0.176. The normalized spacial score (nSPS) is 28.2. The van der Waals surface area contributed by atoms with E-state index in [1.165, 1.54) is 0 Å². The number of amides is 1. The molecule has 1 aliphatic carbocycles. The fourth-order valence-electron chi connectivity index (χ4n) is 2.23. The van der Waals surface area contributed by atoms with Gasteiger partial charge in [-0.3, -0.25) is 4.79 Å². The van der Waals surface area contributed by atoms with Crippen LogP contribution in [0.3, 0.4) is 0 Å². The molecule has 2 N–H and O–H groups in total. The molecular weight excluding hydrogens is 263 g/mol. The quantitative estimate of drug-likeness (QED) is 0.806. The van der Waals surface area contributed by atoms with Crippen molar-refractivity contribution in [2.45, 2.75) is 44.3 Å². The van der Waals surface area contributed by atoms with Gasteiger partial charge in [0, 0.05) is 0 Å². The molecule has 0 saturated heterocycles. The third-order valence-electron chi connectivity index (χ3n) is 3.44. The molecule has 0 aromatic heterocycles. The first-order chi connectivity index (χ1) is 8.76. The summed E-state index contributed by atoms with van der Waals surface area (Å²) in [4.78, 5) is 11.5. The van der Waals surface area contributed by atoms with E-state index in [1.54, 1.807) is 0 Å². The van der Waals surface area contributed by atoms with Gasteiger partial charge in [-0.25, -0.2) is 0 Å². The van der Waals surface area contributed by atoms with Crippen molar-refractivity contribution in [3.8, 4) is 0 Å². The number of aliphatic hydroxyl groups is 1. The predicted octanol–water partition coefficient (Wildman–Crippen LogP) is 1.62. The Kier molecular flexibility index (Phi) is 5.61. The van der Waals surface area contributed by atoms with E-state index in [9.17, 15) is 23.1 Å². The molecule has 1 saturated carbocycles. The standard InChI is InChI=1S/C12H20F3NO3/c1-9-2-4-11(7-17,5-3-9)16-10(18)6-19-8-12(13,14)15/h9,17H,2-8H2,1H3,(H,16,18). The van der Waals surface area contributed by atoms with E-state index in [-0.39, 0.29) is 6.61 Å². The average molecular weight is 283 g/mol. The summed E-state index contributed by atoms with van der Waals surface area (Å²) in [6, 6.07) is 0. The third-order valence-corrected chi connectivity index (χ3v) is 3.44. The summed E-state index contributed by atoms with van der Waals surface area (Å²) < 4.78 is 39.9. The van der Waals surface area contributed by atoms with E-state index in [0.29, 0.717) is 18.8 Å². The molecule has 0 aliphatic heterocycles. The Labute approximate surface area is 110 Å². The number of alkyl halides is 3. The Morgan fingerprint density at radius 1 is 1.42 bits per heavy atom. The van der Waals surface area contributed by atoms with Crippen molar-refractivity contribution in [2.75, 3.05) is 19.8 Å². The second kappa shape index (κ2) is 6.56. The number of hydrogen-bond donors (Lipinski definition) is 2. The van der Waals surface area contributed by atoms with Gasteiger partial charge in [0.25, 0.3) is 0 Å². The third kappa shape index (κ3) is 5.78. The van der Waals surface area contributed by atoms with Gasteiger partial charge in [-0.15, -0.1) is 0 Å². The van der Waals surface area contributed by atoms with Gasteiger partial charge in [0.05, 0.1) is 12.1 Å². The minimum absolute atomic E-state index is 0.204. The van der Waals surface area contributed by atoms with Gasteiger partial charge in [-0.1, -0.05) is 6.92 Å². The van der Waals surface area contributed by atoms with Crippen molar-refractivity contribution < 1.29 is 27.8 Å². The van der Waals surface area contributed by atoms with E-state index in [0.717, 1.165) is 12.8 Å². The topological polar surface area (TPSA) is 58.6 Å². The summed E-state index contributed by atoms with van der Waals surface area (Å²) in [5, 5.41) is 12.0. The maximum atomic E-state index is 11.9. The van der Waals surface area contributed by atoms with Crippen LogP contribution in [0.15, 0.2) is 0 Å². The predicted molar refractivity (Wildman–Crippen MR) is 62.5 cm³/mol. The van der Waals surface area contributed by atoms with E-state index in [1.807, 2.05) is 0 Å². The van der Waals surface area contributed by atoms with Crippen LogP contribution in [-0.4, -0.2) is 42.5 Å². The van der Waals surface area contributed by atoms with Crippen LogP contribution < -0.4 is 5.32 Å². The molecule has 1 fully saturated rings. The van der Waals surface area contributed by atoms with Crippen LogP contribution in [0.5, 0.6) is 0 Å². The van der Waals surface area contributed by atoms with E-state index >= 15 is 0 Å². The molecule has 0 heterocycles. The molecule has 0 spiro atoms. The molecular formula is C12H20F3NO3. The van der Waals surface area contributed by atoms with Crippen molar-refractivity contribution in [1.82, 2.24) is 5.32 Å². The Morgan fingerprint density at radius 3 is 2.47 bits per heavy atom. The molecule has 4 nitrogen and oxygen atoms in total. The first-order valence-corrected chi connectivity index (χ1v) is 6.33. The second-order valence-electron chi connectivity index (χ2n) is 5.28. The molecule has 1 amide bonds. The van der Waals surface area contributed by atoms with Crippen LogP contribution in [0.2, 0.25) is 0 Å². The Bertz CT molecular complexity index is 299. The maximum absolute atomic E-state index is 11.9. The monoisotopic (exact) mass is 283 g/mol. The fourth-order valence-corrected chi connectivity index (χ4v) is 2.23. The van der Waals surface area contributed by atoms with Gasteiger partial charge in [0.15, 0.2) is 0 Å². The molecule has 7 heteroatoms. The first kappa shape index (κ1) is 16.2. The summed E-state index contributed by atoms with van der Waals surface area (Å²) >= 11 is 0. The zero-order chi connectivity index (χ0) is 14.5. The molecule has 0 bridgehead atoms. The van der Waals surface area contributed by atoms with Crippen molar-refractivity contribution in [2.24, 2.45) is 5.92 Å². The van der Waals surface area contributed by atoms with E-state index in [4.69, 9.17) is 0 Å². The number of nitrogens with one attached hydrogen (secondary N) is 1. The highest BCUT2D eigenvalue weighted by Crippen LogP contribution is 2.31. The summed E-state index contributed by atoms with van der Waals surface area (Å²) in [6.07, 6.45) is -1.41. The molecule has 0 unspecified atom stereocenters.